The van der Waals surface area contributed by atoms with E-state index in [0.717, 1.165) is 11.3 Å². The Bertz CT molecular complexity index is 406. The maximum absolute atomic E-state index is 11.6. The quantitative estimate of drug-likeness (QED) is 0.679. The lowest BCUT2D eigenvalue weighted by Crippen LogP contribution is -2.44. The third kappa shape index (κ3) is 5.48. The van der Waals surface area contributed by atoms with E-state index in [1.807, 2.05) is 38.1 Å². The normalized spacial score (nSPS) is 11.8. The molecule has 0 aliphatic heterocycles. The summed E-state index contributed by atoms with van der Waals surface area (Å²) in [7, 11) is 0. The molecule has 1 aromatic carbocycles. The van der Waals surface area contributed by atoms with Crippen LogP contribution in [0.5, 0.6) is 5.75 Å². The van der Waals surface area contributed by atoms with Crippen LogP contribution in [0.4, 0.5) is 4.79 Å². The second-order valence-electron chi connectivity index (χ2n) is 4.48. The number of hydrogen-bond acceptors (Lipinski definition) is 3. The highest BCUT2D eigenvalue weighted by molar-refractivity contribution is 5.74. The van der Waals surface area contributed by atoms with Crippen LogP contribution in [0.15, 0.2) is 24.3 Å². The van der Waals surface area contributed by atoms with E-state index in [9.17, 15) is 4.79 Å². The summed E-state index contributed by atoms with van der Waals surface area (Å²) < 4.78 is 5.53. The molecule has 20 heavy (non-hydrogen) atoms. The Hall–Kier alpha value is -1.75. The first-order chi connectivity index (χ1) is 9.71. The van der Waals surface area contributed by atoms with Crippen molar-refractivity contribution in [3.63, 3.8) is 0 Å². The van der Waals surface area contributed by atoms with Crippen LogP contribution in [0.25, 0.3) is 0 Å². The maximum Gasteiger partial charge on any atom is 0.315 e. The Labute approximate surface area is 120 Å². The van der Waals surface area contributed by atoms with Gasteiger partial charge in [0.2, 0.25) is 0 Å². The van der Waals surface area contributed by atoms with Crippen LogP contribution in [0.2, 0.25) is 0 Å². The summed E-state index contributed by atoms with van der Waals surface area (Å²) in [6.07, 6.45) is 1.41. The predicted molar refractivity (Wildman–Crippen MR) is 79.0 cm³/mol. The molecule has 0 saturated heterocycles. The Morgan fingerprint density at radius 3 is 2.75 bits per heavy atom. The van der Waals surface area contributed by atoms with E-state index in [-0.39, 0.29) is 18.7 Å². The van der Waals surface area contributed by atoms with Crippen molar-refractivity contribution in [1.82, 2.24) is 10.6 Å². The van der Waals surface area contributed by atoms with E-state index in [0.29, 0.717) is 26.0 Å². The number of benzene rings is 1. The summed E-state index contributed by atoms with van der Waals surface area (Å²) in [5.74, 6) is 0.860. The molecule has 5 heteroatoms. The summed E-state index contributed by atoms with van der Waals surface area (Å²) in [5, 5.41) is 14.5. The summed E-state index contributed by atoms with van der Waals surface area (Å²) in [4.78, 5) is 11.6. The Morgan fingerprint density at radius 1 is 1.35 bits per heavy atom. The summed E-state index contributed by atoms with van der Waals surface area (Å²) in [5.41, 5.74) is 1.07. The molecule has 112 valence electrons. The van der Waals surface area contributed by atoms with Crippen LogP contribution < -0.4 is 15.4 Å². The molecule has 1 rings (SSSR count). The van der Waals surface area contributed by atoms with Gasteiger partial charge in [0.15, 0.2) is 0 Å². The van der Waals surface area contributed by atoms with Gasteiger partial charge in [-0.05, 0) is 31.4 Å². The Balaban J connectivity index is 2.38. The number of hydrogen-bond donors (Lipinski definition) is 3. The highest BCUT2D eigenvalue weighted by Gasteiger charge is 2.08. The molecule has 2 amide bonds. The van der Waals surface area contributed by atoms with Crippen molar-refractivity contribution in [2.75, 3.05) is 19.8 Å². The number of aliphatic hydroxyl groups is 1. The lowest BCUT2D eigenvalue weighted by Gasteiger charge is -2.15. The maximum atomic E-state index is 11.6. The SMILES string of the molecule is CCOc1ccccc1CCNC(=O)NC(CC)CO. The molecule has 1 aromatic rings. The van der Waals surface area contributed by atoms with Gasteiger partial charge in [0, 0.05) is 6.54 Å². The fourth-order valence-corrected chi connectivity index (χ4v) is 1.83. The molecule has 3 N–H and O–H groups in total. The number of carbonyl (C=O) groups is 1. The van der Waals surface area contributed by atoms with Gasteiger partial charge in [0.1, 0.15) is 5.75 Å². The van der Waals surface area contributed by atoms with Crippen molar-refractivity contribution >= 4 is 6.03 Å². The summed E-state index contributed by atoms with van der Waals surface area (Å²) in [6, 6.07) is 7.37. The Morgan fingerprint density at radius 2 is 2.10 bits per heavy atom. The van der Waals surface area contributed by atoms with Crippen LogP contribution in [0.3, 0.4) is 0 Å². The molecule has 1 atom stereocenters. The number of rotatable bonds is 8. The third-order valence-electron chi connectivity index (χ3n) is 3.00. The van der Waals surface area contributed by atoms with Crippen molar-refractivity contribution in [3.05, 3.63) is 29.8 Å². The predicted octanol–water partition coefficient (Wildman–Crippen LogP) is 1.70. The minimum Gasteiger partial charge on any atom is -0.494 e. The van der Waals surface area contributed by atoms with Gasteiger partial charge in [-0.1, -0.05) is 25.1 Å². The highest BCUT2D eigenvalue weighted by Crippen LogP contribution is 2.17. The minimum absolute atomic E-state index is 0.0446. The molecule has 1 unspecified atom stereocenters. The highest BCUT2D eigenvalue weighted by atomic mass is 16.5. The molecule has 0 spiro atoms. The van der Waals surface area contributed by atoms with Gasteiger partial charge < -0.3 is 20.5 Å². The lowest BCUT2D eigenvalue weighted by atomic mass is 10.1. The molecule has 0 saturated carbocycles. The third-order valence-corrected chi connectivity index (χ3v) is 3.00. The lowest BCUT2D eigenvalue weighted by molar-refractivity contribution is 0.214. The molecule has 0 fully saturated rings. The molecule has 0 radical (unpaired) electrons. The van der Waals surface area contributed by atoms with Gasteiger partial charge in [-0.25, -0.2) is 4.79 Å². The van der Waals surface area contributed by atoms with Gasteiger partial charge in [-0.15, -0.1) is 0 Å². The molecular weight excluding hydrogens is 256 g/mol. The first kappa shape index (κ1) is 16.3. The average molecular weight is 280 g/mol. The fourth-order valence-electron chi connectivity index (χ4n) is 1.83. The van der Waals surface area contributed by atoms with Crippen LogP contribution in [-0.4, -0.2) is 36.9 Å². The number of urea groups is 1. The van der Waals surface area contributed by atoms with Gasteiger partial charge >= 0.3 is 6.03 Å². The number of carbonyl (C=O) groups excluding carboxylic acids is 1. The zero-order chi connectivity index (χ0) is 14.8. The van der Waals surface area contributed by atoms with Gasteiger partial charge in [0.05, 0.1) is 19.3 Å². The van der Waals surface area contributed by atoms with E-state index in [2.05, 4.69) is 10.6 Å². The van der Waals surface area contributed by atoms with Crippen LogP contribution in [0, 0.1) is 0 Å². The second-order valence-corrected chi connectivity index (χ2v) is 4.48. The van der Waals surface area contributed by atoms with E-state index in [4.69, 9.17) is 9.84 Å². The average Bonchev–Trinajstić information content (AvgIpc) is 2.47. The second kappa shape index (κ2) is 9.20. The van der Waals surface area contributed by atoms with Gasteiger partial charge in [0.25, 0.3) is 0 Å². The van der Waals surface area contributed by atoms with Crippen molar-refractivity contribution in [1.29, 1.82) is 0 Å². The first-order valence-electron chi connectivity index (χ1n) is 7.07. The van der Waals surface area contributed by atoms with Crippen molar-refractivity contribution in [3.8, 4) is 5.75 Å². The zero-order valence-electron chi connectivity index (χ0n) is 12.2. The zero-order valence-corrected chi connectivity index (χ0v) is 12.2. The molecule has 0 aromatic heterocycles. The van der Waals surface area contributed by atoms with Crippen LogP contribution in [0.1, 0.15) is 25.8 Å². The molecule has 0 aliphatic carbocycles. The fraction of sp³-hybridized carbons (Fsp3) is 0.533. The van der Waals surface area contributed by atoms with E-state index < -0.39 is 0 Å². The minimum atomic E-state index is -0.250. The standard InChI is InChI=1S/C15H24N2O3/c1-3-13(11-18)17-15(19)16-10-9-12-7-5-6-8-14(12)20-4-2/h5-8,13,18H,3-4,9-11H2,1-2H3,(H2,16,17,19). The van der Waals surface area contributed by atoms with E-state index >= 15 is 0 Å². The number of aliphatic hydroxyl groups excluding tert-OH is 1. The van der Waals surface area contributed by atoms with E-state index in [1.165, 1.54) is 0 Å². The van der Waals surface area contributed by atoms with Gasteiger partial charge in [-0.2, -0.15) is 0 Å². The molecule has 0 aliphatic rings. The number of para-hydroxylation sites is 1. The van der Waals surface area contributed by atoms with Crippen LogP contribution in [-0.2, 0) is 6.42 Å². The topological polar surface area (TPSA) is 70.6 Å². The first-order valence-corrected chi connectivity index (χ1v) is 7.07. The molecule has 0 bridgehead atoms. The number of ether oxygens (including phenoxy) is 1. The summed E-state index contributed by atoms with van der Waals surface area (Å²) in [6.45, 7) is 4.97. The molecular formula is C15H24N2O3. The Kier molecular flexibility index (Phi) is 7.50. The van der Waals surface area contributed by atoms with Gasteiger partial charge in [-0.3, -0.25) is 0 Å². The van der Waals surface area contributed by atoms with E-state index in [1.54, 1.807) is 0 Å². The molecule has 5 nitrogen and oxygen atoms in total. The molecule has 0 heterocycles. The number of nitrogens with one attached hydrogen (secondary N) is 2. The van der Waals surface area contributed by atoms with Crippen molar-refractivity contribution in [2.45, 2.75) is 32.7 Å². The smallest absolute Gasteiger partial charge is 0.315 e. The van der Waals surface area contributed by atoms with Crippen molar-refractivity contribution in [2.24, 2.45) is 0 Å². The summed E-state index contributed by atoms with van der Waals surface area (Å²) >= 11 is 0. The number of amides is 2. The monoisotopic (exact) mass is 280 g/mol. The van der Waals surface area contributed by atoms with Crippen molar-refractivity contribution < 1.29 is 14.6 Å². The largest absolute Gasteiger partial charge is 0.494 e. The van der Waals surface area contributed by atoms with Crippen LogP contribution >= 0.6 is 0 Å².